The molecule has 1 fully saturated rings. The van der Waals surface area contributed by atoms with Gasteiger partial charge in [-0.3, -0.25) is 14.3 Å². The third-order valence-corrected chi connectivity index (χ3v) is 7.58. The van der Waals surface area contributed by atoms with E-state index < -0.39 is 5.41 Å². The van der Waals surface area contributed by atoms with Crippen molar-refractivity contribution in [2.45, 2.75) is 71.8 Å². The first-order chi connectivity index (χ1) is 16.8. The number of aromatic nitrogens is 2. The van der Waals surface area contributed by atoms with Crippen LogP contribution in [0.25, 0.3) is 0 Å². The van der Waals surface area contributed by atoms with Crippen LogP contribution in [0.1, 0.15) is 80.5 Å². The van der Waals surface area contributed by atoms with E-state index in [0.29, 0.717) is 38.5 Å². The summed E-state index contributed by atoms with van der Waals surface area (Å²) in [7, 11) is 1.87. The summed E-state index contributed by atoms with van der Waals surface area (Å²) in [5.41, 5.74) is 2.25. The van der Waals surface area contributed by atoms with E-state index in [1.165, 1.54) is 5.56 Å². The third kappa shape index (κ3) is 5.39. The number of amides is 2. The molecule has 1 aromatic carbocycles. The first-order valence-electron chi connectivity index (χ1n) is 13.2. The number of hydrogen-bond donors (Lipinski definition) is 0. The smallest absolute Gasteiger partial charge is 0.272 e. The molecular weight excluding hydrogens is 440 g/mol. The molecule has 0 saturated carbocycles. The van der Waals surface area contributed by atoms with Crippen molar-refractivity contribution in [2.75, 3.05) is 33.3 Å². The molecule has 0 bridgehead atoms. The molecule has 7 heteroatoms. The van der Waals surface area contributed by atoms with E-state index in [2.05, 4.69) is 31.1 Å². The minimum atomic E-state index is -0.542. The lowest BCUT2D eigenvalue weighted by Gasteiger charge is -2.43. The van der Waals surface area contributed by atoms with Gasteiger partial charge in [0, 0.05) is 26.7 Å². The fourth-order valence-electron chi connectivity index (χ4n) is 5.51. The highest BCUT2D eigenvalue weighted by Crippen LogP contribution is 2.38. The van der Waals surface area contributed by atoms with Crippen LogP contribution in [0.2, 0.25) is 0 Å². The zero-order valence-electron chi connectivity index (χ0n) is 21.8. The Morgan fingerprint density at radius 3 is 2.69 bits per heavy atom. The van der Waals surface area contributed by atoms with Gasteiger partial charge in [0.25, 0.3) is 5.91 Å². The van der Waals surface area contributed by atoms with E-state index >= 15 is 0 Å². The number of para-hydroxylation sites is 1. The maximum atomic E-state index is 13.8. The molecule has 35 heavy (non-hydrogen) atoms. The molecule has 4 rings (SSSR count). The summed E-state index contributed by atoms with van der Waals surface area (Å²) >= 11 is 0. The molecule has 0 N–H and O–H groups in total. The SMILES string of the molecule is CCn1nc(C(C)C)cc1C(=O)N1CCCC2(CCCCc3ccccc3OCCN(C)C2=O)C1. The van der Waals surface area contributed by atoms with E-state index in [-0.39, 0.29) is 17.7 Å². The summed E-state index contributed by atoms with van der Waals surface area (Å²) in [5, 5.41) is 4.64. The zero-order chi connectivity index (χ0) is 25.0. The summed E-state index contributed by atoms with van der Waals surface area (Å²) in [6.45, 7) is 8.99. The van der Waals surface area contributed by atoms with Gasteiger partial charge in [-0.05, 0) is 62.6 Å². The molecule has 1 spiro atoms. The summed E-state index contributed by atoms with van der Waals surface area (Å²) in [5.74, 6) is 1.31. The summed E-state index contributed by atoms with van der Waals surface area (Å²) in [6, 6.07) is 10.1. The molecule has 0 radical (unpaired) electrons. The highest BCUT2D eigenvalue weighted by atomic mass is 16.5. The minimum Gasteiger partial charge on any atom is -0.491 e. The fraction of sp³-hybridized carbons (Fsp3) is 0.607. The fourth-order valence-corrected chi connectivity index (χ4v) is 5.51. The van der Waals surface area contributed by atoms with Gasteiger partial charge in [0.15, 0.2) is 0 Å². The second-order valence-electron chi connectivity index (χ2n) is 10.4. The number of benzene rings is 1. The van der Waals surface area contributed by atoms with Crippen molar-refractivity contribution in [1.29, 1.82) is 0 Å². The average Bonchev–Trinajstić information content (AvgIpc) is 3.31. The van der Waals surface area contributed by atoms with Crippen molar-refractivity contribution in [3.05, 3.63) is 47.3 Å². The van der Waals surface area contributed by atoms with Gasteiger partial charge in [-0.1, -0.05) is 38.5 Å². The molecular formula is C28H40N4O3. The molecule has 1 saturated heterocycles. The number of likely N-dealkylation sites (N-methyl/N-ethyl adjacent to an activating group) is 1. The standard InChI is InChI=1S/C28H40N4O3/c1-5-32-24(19-23(29-32)21(2)3)26(33)31-16-10-15-28(20-31)14-9-8-12-22-11-6-7-13-25(22)35-18-17-30(4)27(28)34/h6-7,11,13,19,21H,5,8-10,12,14-18,20H2,1-4H3. The van der Waals surface area contributed by atoms with E-state index in [4.69, 9.17) is 4.74 Å². The van der Waals surface area contributed by atoms with Crippen molar-refractivity contribution in [3.63, 3.8) is 0 Å². The van der Waals surface area contributed by atoms with Crippen LogP contribution in [0, 0.1) is 5.41 Å². The molecule has 7 nitrogen and oxygen atoms in total. The molecule has 3 heterocycles. The molecule has 1 aromatic heterocycles. The highest BCUT2D eigenvalue weighted by molar-refractivity contribution is 5.93. The summed E-state index contributed by atoms with van der Waals surface area (Å²) in [4.78, 5) is 31.2. The lowest BCUT2D eigenvalue weighted by Crippen LogP contribution is -2.54. The van der Waals surface area contributed by atoms with Crippen LogP contribution in [0.5, 0.6) is 5.75 Å². The maximum Gasteiger partial charge on any atom is 0.272 e. The third-order valence-electron chi connectivity index (χ3n) is 7.58. The molecule has 190 valence electrons. The molecule has 2 aliphatic rings. The largest absolute Gasteiger partial charge is 0.491 e. The Kier molecular flexibility index (Phi) is 7.82. The van der Waals surface area contributed by atoms with E-state index in [1.54, 1.807) is 0 Å². The topological polar surface area (TPSA) is 67.7 Å². The van der Waals surface area contributed by atoms with Crippen LogP contribution >= 0.6 is 0 Å². The van der Waals surface area contributed by atoms with E-state index in [0.717, 1.165) is 50.0 Å². The van der Waals surface area contributed by atoms with Gasteiger partial charge >= 0.3 is 0 Å². The van der Waals surface area contributed by atoms with Gasteiger partial charge in [0.1, 0.15) is 18.1 Å². The molecule has 2 aliphatic heterocycles. The molecule has 1 unspecified atom stereocenters. The predicted octanol–water partition coefficient (Wildman–Crippen LogP) is 4.51. The van der Waals surface area contributed by atoms with Crippen molar-refractivity contribution in [1.82, 2.24) is 19.6 Å². The molecule has 2 aromatic rings. The molecule has 2 amide bonds. The second kappa shape index (κ2) is 10.8. The van der Waals surface area contributed by atoms with Crippen LogP contribution < -0.4 is 4.74 Å². The molecule has 1 atom stereocenters. The number of aryl methyl sites for hydroxylation is 2. The Morgan fingerprint density at radius 1 is 1.14 bits per heavy atom. The number of fused-ring (bicyclic) bond motifs is 1. The van der Waals surface area contributed by atoms with Gasteiger partial charge in [0.05, 0.1) is 17.7 Å². The molecule has 0 aliphatic carbocycles. The number of hydrogen-bond acceptors (Lipinski definition) is 4. The number of carbonyl (C=O) groups is 2. The lowest BCUT2D eigenvalue weighted by atomic mass is 9.74. The summed E-state index contributed by atoms with van der Waals surface area (Å²) < 4.78 is 7.86. The average molecular weight is 481 g/mol. The van der Waals surface area contributed by atoms with Crippen LogP contribution in [-0.4, -0.2) is 64.7 Å². The Balaban J connectivity index is 1.56. The lowest BCUT2D eigenvalue weighted by molar-refractivity contribution is -0.144. The number of carbonyl (C=O) groups excluding carboxylic acids is 2. The van der Waals surface area contributed by atoms with Crippen LogP contribution in [0.3, 0.4) is 0 Å². The van der Waals surface area contributed by atoms with Crippen LogP contribution in [-0.2, 0) is 17.8 Å². The highest BCUT2D eigenvalue weighted by Gasteiger charge is 2.44. The maximum absolute atomic E-state index is 13.8. The van der Waals surface area contributed by atoms with Crippen LogP contribution in [0.4, 0.5) is 0 Å². The normalized spacial score (nSPS) is 21.9. The summed E-state index contributed by atoms with van der Waals surface area (Å²) in [6.07, 6.45) is 5.33. The Labute approximate surface area is 209 Å². The van der Waals surface area contributed by atoms with Gasteiger partial charge < -0.3 is 14.5 Å². The van der Waals surface area contributed by atoms with E-state index in [1.807, 2.05) is 46.7 Å². The Bertz CT molecular complexity index is 1050. The van der Waals surface area contributed by atoms with E-state index in [9.17, 15) is 9.59 Å². The first kappa shape index (κ1) is 25.3. The number of ether oxygens (including phenoxy) is 1. The van der Waals surface area contributed by atoms with Gasteiger partial charge in [-0.25, -0.2) is 0 Å². The van der Waals surface area contributed by atoms with Gasteiger partial charge in [-0.2, -0.15) is 5.10 Å². The van der Waals surface area contributed by atoms with Crippen LogP contribution in [0.15, 0.2) is 30.3 Å². The quantitative estimate of drug-likeness (QED) is 0.648. The number of rotatable bonds is 3. The monoisotopic (exact) mass is 480 g/mol. The van der Waals surface area contributed by atoms with Gasteiger partial charge in [0.2, 0.25) is 5.91 Å². The number of likely N-dealkylation sites (tertiary alicyclic amines) is 1. The van der Waals surface area contributed by atoms with Gasteiger partial charge in [-0.15, -0.1) is 0 Å². The van der Waals surface area contributed by atoms with Crippen molar-refractivity contribution < 1.29 is 14.3 Å². The number of piperidine rings is 1. The predicted molar refractivity (Wildman–Crippen MR) is 137 cm³/mol. The Morgan fingerprint density at radius 2 is 1.91 bits per heavy atom. The number of nitrogens with zero attached hydrogens (tertiary/aromatic N) is 4. The second-order valence-corrected chi connectivity index (χ2v) is 10.4. The first-order valence-corrected chi connectivity index (χ1v) is 13.2. The minimum absolute atomic E-state index is 0.0100. The van der Waals surface area contributed by atoms with Crippen molar-refractivity contribution in [2.24, 2.45) is 5.41 Å². The zero-order valence-corrected chi connectivity index (χ0v) is 21.8. The van der Waals surface area contributed by atoms with Crippen molar-refractivity contribution in [3.8, 4) is 5.75 Å². The Hall–Kier alpha value is -2.83. The van der Waals surface area contributed by atoms with Crippen molar-refractivity contribution >= 4 is 11.8 Å².